The Morgan fingerprint density at radius 3 is 2.22 bits per heavy atom. The van der Waals surface area contributed by atoms with Crippen molar-refractivity contribution in [3.63, 3.8) is 0 Å². The fourth-order valence-corrected chi connectivity index (χ4v) is 2.44. The molecule has 2 rings (SSSR count). The number of nitrogens with one attached hydrogen (secondary N) is 4. The van der Waals surface area contributed by atoms with Gasteiger partial charge in [0.2, 0.25) is 5.91 Å². The first-order chi connectivity index (χ1) is 10.6. The van der Waals surface area contributed by atoms with E-state index in [0.29, 0.717) is 11.4 Å². The van der Waals surface area contributed by atoms with Crippen molar-refractivity contribution in [3.8, 4) is 0 Å². The zero-order valence-corrected chi connectivity index (χ0v) is 14.3. The summed E-state index contributed by atoms with van der Waals surface area (Å²) in [6, 6.07) is 7.01. The molecule has 1 aromatic carbocycles. The van der Waals surface area contributed by atoms with E-state index >= 15 is 0 Å². The Hall–Kier alpha value is -1.79. The molecular formula is C16H25ClN4O2. The summed E-state index contributed by atoms with van der Waals surface area (Å²) in [4.78, 5) is 24.1. The predicted octanol–water partition coefficient (Wildman–Crippen LogP) is 2.58. The second-order valence-electron chi connectivity index (χ2n) is 5.81. The quantitative estimate of drug-likeness (QED) is 0.680. The van der Waals surface area contributed by atoms with Crippen LogP contribution in [0.2, 0.25) is 0 Å². The Morgan fingerprint density at radius 1 is 1.09 bits per heavy atom. The molecule has 0 unspecified atom stereocenters. The lowest BCUT2D eigenvalue weighted by Gasteiger charge is -2.22. The van der Waals surface area contributed by atoms with E-state index in [1.165, 1.54) is 0 Å². The summed E-state index contributed by atoms with van der Waals surface area (Å²) in [6.07, 6.45) is 1.69. The minimum absolute atomic E-state index is 0. The van der Waals surface area contributed by atoms with Gasteiger partial charge in [-0.3, -0.25) is 4.79 Å². The van der Waals surface area contributed by atoms with E-state index in [-0.39, 0.29) is 36.3 Å². The van der Waals surface area contributed by atoms with Crippen molar-refractivity contribution in [3.05, 3.63) is 24.3 Å². The lowest BCUT2D eigenvalue weighted by atomic mass is 9.97. The molecule has 3 amide bonds. The van der Waals surface area contributed by atoms with Gasteiger partial charge in [-0.25, -0.2) is 4.79 Å². The molecule has 1 fully saturated rings. The molecule has 0 saturated carbocycles. The number of carbonyl (C=O) groups is 2. The van der Waals surface area contributed by atoms with Crippen LogP contribution >= 0.6 is 12.4 Å². The number of rotatable bonds is 4. The highest BCUT2D eigenvalue weighted by molar-refractivity contribution is 5.99. The number of anilines is 2. The molecule has 128 valence electrons. The van der Waals surface area contributed by atoms with E-state index in [1.807, 2.05) is 26.0 Å². The maximum Gasteiger partial charge on any atom is 0.319 e. The monoisotopic (exact) mass is 340 g/mol. The Labute approximate surface area is 143 Å². The number of piperidine rings is 1. The summed E-state index contributed by atoms with van der Waals surface area (Å²) in [7, 11) is 0. The molecule has 0 spiro atoms. The van der Waals surface area contributed by atoms with Gasteiger partial charge in [-0.05, 0) is 51.9 Å². The number of halogens is 1. The van der Waals surface area contributed by atoms with Crippen LogP contribution in [-0.2, 0) is 4.79 Å². The zero-order chi connectivity index (χ0) is 15.9. The molecule has 4 N–H and O–H groups in total. The van der Waals surface area contributed by atoms with E-state index in [0.717, 1.165) is 25.9 Å². The van der Waals surface area contributed by atoms with Gasteiger partial charge in [0.05, 0.1) is 11.4 Å². The molecule has 23 heavy (non-hydrogen) atoms. The van der Waals surface area contributed by atoms with Crippen molar-refractivity contribution < 1.29 is 9.59 Å². The molecule has 1 saturated heterocycles. The minimum atomic E-state index is -0.279. The van der Waals surface area contributed by atoms with Gasteiger partial charge in [0.25, 0.3) is 0 Å². The molecule has 0 atom stereocenters. The molecular weight excluding hydrogens is 316 g/mol. The SMILES string of the molecule is CC(C)NC(=O)Nc1ccccc1NC(=O)C1CCNCC1.Cl. The summed E-state index contributed by atoms with van der Waals surface area (Å²) in [6.45, 7) is 5.53. The fraction of sp³-hybridized carbons (Fsp3) is 0.500. The number of hydrogen-bond acceptors (Lipinski definition) is 3. The summed E-state index contributed by atoms with van der Waals surface area (Å²) >= 11 is 0. The van der Waals surface area contributed by atoms with Gasteiger partial charge in [-0.15, -0.1) is 12.4 Å². The van der Waals surface area contributed by atoms with E-state index in [2.05, 4.69) is 21.3 Å². The second-order valence-corrected chi connectivity index (χ2v) is 5.81. The van der Waals surface area contributed by atoms with Gasteiger partial charge in [-0.1, -0.05) is 12.1 Å². The van der Waals surface area contributed by atoms with Crippen molar-refractivity contribution in [1.29, 1.82) is 0 Å². The normalized spacial score (nSPS) is 14.7. The third-order valence-electron chi connectivity index (χ3n) is 3.56. The first kappa shape index (κ1) is 19.3. The molecule has 0 aliphatic carbocycles. The molecule has 1 aromatic rings. The molecule has 0 aromatic heterocycles. The van der Waals surface area contributed by atoms with Crippen LogP contribution in [0.15, 0.2) is 24.3 Å². The highest BCUT2D eigenvalue weighted by Crippen LogP contribution is 2.23. The number of amides is 3. The predicted molar refractivity (Wildman–Crippen MR) is 95.2 cm³/mol. The molecule has 1 aliphatic rings. The van der Waals surface area contributed by atoms with Crippen LogP contribution in [0.5, 0.6) is 0 Å². The van der Waals surface area contributed by atoms with E-state index in [9.17, 15) is 9.59 Å². The Bertz CT molecular complexity index is 531. The van der Waals surface area contributed by atoms with Crippen LogP contribution in [-0.4, -0.2) is 31.1 Å². The van der Waals surface area contributed by atoms with Crippen LogP contribution < -0.4 is 21.3 Å². The first-order valence-corrected chi connectivity index (χ1v) is 7.74. The van der Waals surface area contributed by atoms with Crippen molar-refractivity contribution in [2.24, 2.45) is 5.92 Å². The standard InChI is InChI=1S/C16H24N4O2.ClH/c1-11(2)18-16(22)20-14-6-4-3-5-13(14)19-15(21)12-7-9-17-10-8-12;/h3-6,11-12,17H,7-10H2,1-2H3,(H,19,21)(H2,18,20,22);1H. The van der Waals surface area contributed by atoms with Crippen LogP contribution in [0.1, 0.15) is 26.7 Å². The van der Waals surface area contributed by atoms with Gasteiger partial charge in [0.15, 0.2) is 0 Å². The third kappa shape index (κ3) is 6.08. The van der Waals surface area contributed by atoms with Crippen LogP contribution in [0.4, 0.5) is 16.2 Å². The lowest BCUT2D eigenvalue weighted by molar-refractivity contribution is -0.120. The van der Waals surface area contributed by atoms with Gasteiger partial charge in [0, 0.05) is 12.0 Å². The average molecular weight is 341 g/mol. The maximum absolute atomic E-state index is 12.3. The molecule has 1 aliphatic heterocycles. The maximum atomic E-state index is 12.3. The van der Waals surface area contributed by atoms with Gasteiger partial charge in [0.1, 0.15) is 0 Å². The highest BCUT2D eigenvalue weighted by atomic mass is 35.5. The highest BCUT2D eigenvalue weighted by Gasteiger charge is 2.21. The Morgan fingerprint density at radius 2 is 1.65 bits per heavy atom. The number of carbonyl (C=O) groups excluding carboxylic acids is 2. The van der Waals surface area contributed by atoms with Crippen LogP contribution in [0.3, 0.4) is 0 Å². The molecule has 6 nitrogen and oxygen atoms in total. The van der Waals surface area contributed by atoms with Gasteiger partial charge < -0.3 is 21.3 Å². The van der Waals surface area contributed by atoms with Crippen molar-refractivity contribution in [1.82, 2.24) is 10.6 Å². The Kier molecular flexibility index (Phi) is 7.85. The first-order valence-electron chi connectivity index (χ1n) is 7.74. The summed E-state index contributed by atoms with van der Waals surface area (Å²) in [5, 5.41) is 11.7. The van der Waals surface area contributed by atoms with Gasteiger partial charge >= 0.3 is 6.03 Å². The second kappa shape index (κ2) is 9.37. The number of urea groups is 1. The topological polar surface area (TPSA) is 82.3 Å². The summed E-state index contributed by atoms with van der Waals surface area (Å²) < 4.78 is 0. The molecule has 0 radical (unpaired) electrons. The van der Waals surface area contributed by atoms with Crippen molar-refractivity contribution in [2.75, 3.05) is 23.7 Å². The van der Waals surface area contributed by atoms with Gasteiger partial charge in [-0.2, -0.15) is 0 Å². The van der Waals surface area contributed by atoms with Crippen LogP contribution in [0, 0.1) is 5.92 Å². The fourth-order valence-electron chi connectivity index (χ4n) is 2.44. The minimum Gasteiger partial charge on any atom is -0.336 e. The Balaban J connectivity index is 0.00000264. The lowest BCUT2D eigenvalue weighted by Crippen LogP contribution is -2.35. The van der Waals surface area contributed by atoms with Crippen molar-refractivity contribution in [2.45, 2.75) is 32.7 Å². The number of para-hydroxylation sites is 2. The zero-order valence-electron chi connectivity index (χ0n) is 13.5. The summed E-state index contributed by atoms with van der Waals surface area (Å²) in [5.41, 5.74) is 1.23. The van der Waals surface area contributed by atoms with E-state index < -0.39 is 0 Å². The van der Waals surface area contributed by atoms with Crippen LogP contribution in [0.25, 0.3) is 0 Å². The average Bonchev–Trinajstić information content (AvgIpc) is 2.49. The molecule has 7 heteroatoms. The van der Waals surface area contributed by atoms with Crippen molar-refractivity contribution >= 4 is 35.7 Å². The largest absolute Gasteiger partial charge is 0.336 e. The van der Waals surface area contributed by atoms with E-state index in [4.69, 9.17) is 0 Å². The molecule has 0 bridgehead atoms. The van der Waals surface area contributed by atoms with E-state index in [1.54, 1.807) is 12.1 Å². The number of hydrogen-bond donors (Lipinski definition) is 4. The number of benzene rings is 1. The smallest absolute Gasteiger partial charge is 0.319 e. The third-order valence-corrected chi connectivity index (χ3v) is 3.56. The summed E-state index contributed by atoms with van der Waals surface area (Å²) in [5.74, 6) is 0.0406. The molecule has 1 heterocycles.